The van der Waals surface area contributed by atoms with Gasteiger partial charge in [0.25, 0.3) is 11.8 Å². The van der Waals surface area contributed by atoms with E-state index in [0.717, 1.165) is 4.90 Å². The molecule has 3 rings (SSSR count). The highest BCUT2D eigenvalue weighted by Gasteiger charge is 2.35. The number of amides is 2. The monoisotopic (exact) mass is 298 g/mol. The van der Waals surface area contributed by atoms with E-state index in [1.807, 2.05) is 0 Å². The van der Waals surface area contributed by atoms with Gasteiger partial charge < -0.3 is 5.11 Å². The first-order valence-corrected chi connectivity index (χ1v) is 6.91. The number of benzene rings is 1. The highest BCUT2D eigenvalue weighted by molar-refractivity contribution is 6.21. The molecule has 1 aromatic rings. The minimum absolute atomic E-state index is 0.0885. The van der Waals surface area contributed by atoms with Crippen LogP contribution in [0.2, 0.25) is 0 Å². The molecule has 0 aliphatic carbocycles. The molecule has 6 nitrogen and oxygen atoms in total. The van der Waals surface area contributed by atoms with Gasteiger partial charge in [-0.1, -0.05) is 12.1 Å². The third-order valence-electron chi connectivity index (χ3n) is 3.87. The fourth-order valence-electron chi connectivity index (χ4n) is 2.54. The maximum Gasteiger partial charge on any atom is 0.261 e. The maximum atomic E-state index is 12.2. The number of hydrogen-bond acceptors (Lipinski definition) is 5. The number of Topliss-reactive ketones (excluding diaryl/α,β-unsaturated/α-hetero) is 1. The van der Waals surface area contributed by atoms with Gasteiger partial charge in [0.1, 0.15) is 0 Å². The standard InChI is InChI=1S/C16H14N2O4/c1-9-13(19)14(20)10(8-17-9)6-7-18-15(21)11-4-2-3-5-12(11)16(18)22/h2-5,8,13,19H,6-7H2,1H3. The fraction of sp³-hybridized carbons (Fsp3) is 0.250. The number of aliphatic hydroxyl groups excluding tert-OH is 1. The summed E-state index contributed by atoms with van der Waals surface area (Å²) in [5.41, 5.74) is 1.42. The summed E-state index contributed by atoms with van der Waals surface area (Å²) in [6.07, 6.45) is 0.336. The summed E-state index contributed by atoms with van der Waals surface area (Å²) in [4.78, 5) is 41.4. The van der Waals surface area contributed by atoms with Gasteiger partial charge in [0.15, 0.2) is 11.9 Å². The Morgan fingerprint density at radius 1 is 1.14 bits per heavy atom. The number of carbonyl (C=O) groups excluding carboxylic acids is 3. The van der Waals surface area contributed by atoms with Gasteiger partial charge in [0, 0.05) is 18.3 Å². The van der Waals surface area contributed by atoms with Crippen LogP contribution in [0.25, 0.3) is 0 Å². The molecule has 2 heterocycles. The van der Waals surface area contributed by atoms with Crippen molar-refractivity contribution in [2.24, 2.45) is 4.99 Å². The van der Waals surface area contributed by atoms with Gasteiger partial charge in [0.05, 0.1) is 16.8 Å². The number of carbonyl (C=O) groups is 3. The first-order valence-electron chi connectivity index (χ1n) is 6.91. The molecule has 1 unspecified atom stereocenters. The van der Waals surface area contributed by atoms with E-state index in [1.54, 1.807) is 31.2 Å². The smallest absolute Gasteiger partial charge is 0.261 e. The number of aliphatic imine (C=N–C) groups is 1. The Balaban J connectivity index is 1.75. The predicted molar refractivity (Wildman–Crippen MR) is 78.6 cm³/mol. The summed E-state index contributed by atoms with van der Waals surface area (Å²) in [6.45, 7) is 1.66. The molecule has 112 valence electrons. The second-order valence-electron chi connectivity index (χ2n) is 5.25. The number of hydrogen-bond donors (Lipinski definition) is 1. The van der Waals surface area contributed by atoms with Crippen LogP contribution in [0, 0.1) is 0 Å². The lowest BCUT2D eigenvalue weighted by molar-refractivity contribution is -0.120. The molecule has 1 atom stereocenters. The number of ketones is 1. The van der Waals surface area contributed by atoms with Crippen LogP contribution in [0.3, 0.4) is 0 Å². The predicted octanol–water partition coefficient (Wildman–Crippen LogP) is 0.961. The summed E-state index contributed by atoms with van der Waals surface area (Å²) < 4.78 is 0. The molecular weight excluding hydrogens is 284 g/mol. The highest BCUT2D eigenvalue weighted by atomic mass is 16.3. The van der Waals surface area contributed by atoms with E-state index in [0.29, 0.717) is 22.4 Å². The zero-order valence-corrected chi connectivity index (χ0v) is 11.9. The summed E-state index contributed by atoms with van der Waals surface area (Å²) in [7, 11) is 0. The van der Waals surface area contributed by atoms with Crippen molar-refractivity contribution < 1.29 is 19.5 Å². The molecule has 0 saturated heterocycles. The Hall–Kier alpha value is -2.60. The molecule has 1 N–H and O–H groups in total. The Morgan fingerprint density at radius 3 is 2.32 bits per heavy atom. The molecule has 0 fully saturated rings. The zero-order valence-electron chi connectivity index (χ0n) is 11.9. The SMILES string of the molecule is CC1=NC=C(CCN2C(=O)c3ccccc3C2=O)C(=O)C1O. The summed E-state index contributed by atoms with van der Waals surface area (Å²) >= 11 is 0. The van der Waals surface area contributed by atoms with Crippen molar-refractivity contribution in [1.29, 1.82) is 0 Å². The molecule has 1 aromatic carbocycles. The number of nitrogens with zero attached hydrogens (tertiary/aromatic N) is 2. The van der Waals surface area contributed by atoms with E-state index in [-0.39, 0.29) is 24.8 Å². The van der Waals surface area contributed by atoms with E-state index >= 15 is 0 Å². The molecule has 0 radical (unpaired) electrons. The lowest BCUT2D eigenvalue weighted by atomic mass is 9.99. The van der Waals surface area contributed by atoms with E-state index in [2.05, 4.69) is 4.99 Å². The van der Waals surface area contributed by atoms with E-state index in [4.69, 9.17) is 0 Å². The van der Waals surface area contributed by atoms with E-state index < -0.39 is 11.9 Å². The summed E-state index contributed by atoms with van der Waals surface area (Å²) in [5.74, 6) is -1.14. The molecule has 0 saturated carbocycles. The third-order valence-corrected chi connectivity index (χ3v) is 3.87. The fourth-order valence-corrected chi connectivity index (χ4v) is 2.54. The molecule has 2 amide bonds. The Kier molecular flexibility index (Phi) is 3.46. The van der Waals surface area contributed by atoms with Crippen molar-refractivity contribution >= 4 is 23.3 Å². The second kappa shape index (κ2) is 5.31. The molecule has 0 spiro atoms. The maximum absolute atomic E-state index is 12.2. The highest BCUT2D eigenvalue weighted by Crippen LogP contribution is 2.23. The van der Waals surface area contributed by atoms with Gasteiger partial charge >= 0.3 is 0 Å². The first kappa shape index (κ1) is 14.3. The van der Waals surface area contributed by atoms with Crippen molar-refractivity contribution in [2.75, 3.05) is 6.54 Å². The zero-order chi connectivity index (χ0) is 15.9. The van der Waals surface area contributed by atoms with Crippen LogP contribution < -0.4 is 0 Å². The van der Waals surface area contributed by atoms with Gasteiger partial charge in [-0.3, -0.25) is 24.3 Å². The van der Waals surface area contributed by atoms with Crippen molar-refractivity contribution in [3.05, 3.63) is 47.2 Å². The van der Waals surface area contributed by atoms with Crippen LogP contribution in [-0.4, -0.2) is 46.0 Å². The van der Waals surface area contributed by atoms with Crippen molar-refractivity contribution in [3.8, 4) is 0 Å². The largest absolute Gasteiger partial charge is 0.379 e. The quantitative estimate of drug-likeness (QED) is 0.842. The van der Waals surface area contributed by atoms with Crippen molar-refractivity contribution in [3.63, 3.8) is 0 Å². The van der Waals surface area contributed by atoms with Crippen LogP contribution in [0.4, 0.5) is 0 Å². The Bertz CT molecular complexity index is 713. The van der Waals surface area contributed by atoms with Gasteiger partial charge in [-0.05, 0) is 25.5 Å². The number of rotatable bonds is 3. The second-order valence-corrected chi connectivity index (χ2v) is 5.25. The van der Waals surface area contributed by atoms with E-state index in [9.17, 15) is 19.5 Å². The number of aliphatic hydroxyl groups is 1. The van der Waals surface area contributed by atoms with Gasteiger partial charge in [-0.15, -0.1) is 0 Å². The van der Waals surface area contributed by atoms with Crippen molar-refractivity contribution in [1.82, 2.24) is 4.90 Å². The topological polar surface area (TPSA) is 87.0 Å². The molecule has 2 aliphatic rings. The van der Waals surface area contributed by atoms with Crippen LogP contribution in [0.15, 0.2) is 41.0 Å². The van der Waals surface area contributed by atoms with Gasteiger partial charge in [-0.2, -0.15) is 0 Å². The first-order chi connectivity index (χ1) is 10.5. The molecular formula is C16H14N2O4. The Morgan fingerprint density at radius 2 is 1.73 bits per heavy atom. The molecule has 6 heteroatoms. The van der Waals surface area contributed by atoms with Gasteiger partial charge in [0.2, 0.25) is 0 Å². The molecule has 0 aromatic heterocycles. The number of fused-ring (bicyclic) bond motifs is 1. The normalized spacial score (nSPS) is 20.9. The Labute approximate surface area is 126 Å². The van der Waals surface area contributed by atoms with E-state index in [1.165, 1.54) is 6.20 Å². The third kappa shape index (κ3) is 2.17. The lowest BCUT2D eigenvalue weighted by Gasteiger charge is -2.18. The lowest BCUT2D eigenvalue weighted by Crippen LogP contribution is -2.35. The van der Waals surface area contributed by atoms with Crippen LogP contribution in [-0.2, 0) is 4.79 Å². The minimum atomic E-state index is -1.23. The van der Waals surface area contributed by atoms with Crippen molar-refractivity contribution in [2.45, 2.75) is 19.4 Å². The van der Waals surface area contributed by atoms with Crippen LogP contribution in [0.1, 0.15) is 34.1 Å². The van der Waals surface area contributed by atoms with Gasteiger partial charge in [-0.25, -0.2) is 0 Å². The molecule has 22 heavy (non-hydrogen) atoms. The average molecular weight is 298 g/mol. The summed E-state index contributed by atoms with van der Waals surface area (Å²) in [6, 6.07) is 6.62. The molecule has 2 aliphatic heterocycles. The average Bonchev–Trinajstić information content (AvgIpc) is 2.77. The number of imide groups is 1. The summed E-state index contributed by atoms with van der Waals surface area (Å²) in [5, 5.41) is 9.69. The van der Waals surface area contributed by atoms with Crippen LogP contribution >= 0.6 is 0 Å². The minimum Gasteiger partial charge on any atom is -0.379 e. The van der Waals surface area contributed by atoms with Crippen LogP contribution in [0.5, 0.6) is 0 Å². The molecule has 0 bridgehead atoms.